The number of aryl methyl sites for hydroxylation is 2. The zero-order chi connectivity index (χ0) is 13.6. The standard InChI is InChI=1S/C16H23N3/c1-11-7-6-8-12-14(11)19(3)15(18-12)16(2)10-5-4-9-13(16)17/h6-8,13H,4-5,9-10,17H2,1-3H3. The van der Waals surface area contributed by atoms with Gasteiger partial charge in [0.2, 0.25) is 0 Å². The molecule has 2 atom stereocenters. The first-order chi connectivity index (χ1) is 9.04. The maximum atomic E-state index is 6.42. The number of hydrogen-bond acceptors (Lipinski definition) is 2. The van der Waals surface area contributed by atoms with Crippen LogP contribution in [0.15, 0.2) is 18.2 Å². The Balaban J connectivity index is 2.20. The van der Waals surface area contributed by atoms with Gasteiger partial charge in [-0.1, -0.05) is 31.9 Å². The van der Waals surface area contributed by atoms with Gasteiger partial charge in [-0.3, -0.25) is 0 Å². The van der Waals surface area contributed by atoms with E-state index in [1.807, 2.05) is 0 Å². The Hall–Kier alpha value is -1.35. The number of nitrogens with zero attached hydrogens (tertiary/aromatic N) is 2. The molecule has 3 rings (SSSR count). The normalized spacial score (nSPS) is 27.9. The van der Waals surface area contributed by atoms with Crippen LogP contribution in [0.4, 0.5) is 0 Å². The van der Waals surface area contributed by atoms with E-state index >= 15 is 0 Å². The predicted octanol–water partition coefficient (Wildman–Crippen LogP) is 3.04. The molecule has 1 aromatic carbocycles. The van der Waals surface area contributed by atoms with Crippen LogP contribution >= 0.6 is 0 Å². The fourth-order valence-electron chi connectivity index (χ4n) is 3.61. The molecular weight excluding hydrogens is 234 g/mol. The number of benzene rings is 1. The van der Waals surface area contributed by atoms with Gasteiger partial charge in [-0.15, -0.1) is 0 Å². The minimum absolute atomic E-state index is 0.0124. The van der Waals surface area contributed by atoms with E-state index in [0.717, 1.165) is 24.2 Å². The molecule has 1 aromatic heterocycles. The van der Waals surface area contributed by atoms with Gasteiger partial charge < -0.3 is 10.3 Å². The lowest BCUT2D eigenvalue weighted by molar-refractivity contribution is 0.254. The van der Waals surface area contributed by atoms with Gasteiger partial charge in [0, 0.05) is 18.5 Å². The minimum atomic E-state index is 0.0124. The average Bonchev–Trinajstić information content (AvgIpc) is 2.73. The smallest absolute Gasteiger partial charge is 0.117 e. The summed E-state index contributed by atoms with van der Waals surface area (Å²) in [6, 6.07) is 6.55. The van der Waals surface area contributed by atoms with Crippen LogP contribution in [0.5, 0.6) is 0 Å². The first-order valence-electron chi connectivity index (χ1n) is 7.22. The molecule has 0 spiro atoms. The third-order valence-corrected chi connectivity index (χ3v) is 4.89. The Morgan fingerprint density at radius 3 is 2.84 bits per heavy atom. The number of aromatic nitrogens is 2. The second-order valence-electron chi connectivity index (χ2n) is 6.21. The maximum absolute atomic E-state index is 6.42. The Bertz CT molecular complexity index is 614. The van der Waals surface area contributed by atoms with Crippen molar-refractivity contribution in [3.63, 3.8) is 0 Å². The molecule has 3 nitrogen and oxygen atoms in total. The molecular formula is C16H23N3. The molecule has 1 aliphatic rings. The van der Waals surface area contributed by atoms with Gasteiger partial charge in [-0.25, -0.2) is 4.98 Å². The summed E-state index contributed by atoms with van der Waals surface area (Å²) in [5.41, 5.74) is 10.1. The first-order valence-corrected chi connectivity index (χ1v) is 7.22. The van der Waals surface area contributed by atoms with Crippen molar-refractivity contribution in [2.45, 2.75) is 51.0 Å². The van der Waals surface area contributed by atoms with Crippen molar-refractivity contribution in [1.82, 2.24) is 9.55 Å². The number of rotatable bonds is 1. The summed E-state index contributed by atoms with van der Waals surface area (Å²) in [4.78, 5) is 4.90. The highest BCUT2D eigenvalue weighted by atomic mass is 15.1. The molecule has 0 aliphatic heterocycles. The molecule has 2 N–H and O–H groups in total. The summed E-state index contributed by atoms with van der Waals surface area (Å²) >= 11 is 0. The van der Waals surface area contributed by atoms with Crippen LogP contribution in [0.2, 0.25) is 0 Å². The molecule has 1 heterocycles. The third kappa shape index (κ3) is 1.79. The van der Waals surface area contributed by atoms with Crippen molar-refractivity contribution >= 4 is 11.0 Å². The fourth-order valence-corrected chi connectivity index (χ4v) is 3.61. The Morgan fingerprint density at radius 2 is 2.16 bits per heavy atom. The number of nitrogens with two attached hydrogens (primary N) is 1. The lowest BCUT2D eigenvalue weighted by Crippen LogP contribution is -2.47. The molecule has 2 aromatic rings. The van der Waals surface area contributed by atoms with Gasteiger partial charge >= 0.3 is 0 Å². The number of para-hydroxylation sites is 1. The summed E-state index contributed by atoms with van der Waals surface area (Å²) < 4.78 is 2.26. The number of imidazole rings is 1. The summed E-state index contributed by atoms with van der Waals surface area (Å²) in [5.74, 6) is 1.16. The highest BCUT2D eigenvalue weighted by molar-refractivity contribution is 5.79. The van der Waals surface area contributed by atoms with Crippen molar-refractivity contribution in [2.24, 2.45) is 12.8 Å². The van der Waals surface area contributed by atoms with Crippen LogP contribution in [-0.4, -0.2) is 15.6 Å². The molecule has 0 amide bonds. The lowest BCUT2D eigenvalue weighted by Gasteiger charge is -2.38. The molecule has 0 saturated heterocycles. The van der Waals surface area contributed by atoms with Crippen LogP contribution in [0.25, 0.3) is 11.0 Å². The summed E-state index contributed by atoms with van der Waals surface area (Å²) in [7, 11) is 2.13. The maximum Gasteiger partial charge on any atom is 0.117 e. The molecule has 3 heteroatoms. The SMILES string of the molecule is Cc1cccc2nc(C3(C)CCCCC3N)n(C)c12. The van der Waals surface area contributed by atoms with Crippen LogP contribution in [0.3, 0.4) is 0 Å². The van der Waals surface area contributed by atoms with E-state index in [9.17, 15) is 0 Å². The Labute approximate surface area is 114 Å². The van der Waals surface area contributed by atoms with E-state index in [1.165, 1.54) is 23.9 Å². The van der Waals surface area contributed by atoms with Gasteiger partial charge in [-0.05, 0) is 31.4 Å². The molecule has 1 saturated carbocycles. The predicted molar refractivity (Wildman–Crippen MR) is 79.2 cm³/mol. The molecule has 1 fully saturated rings. The van der Waals surface area contributed by atoms with Crippen molar-refractivity contribution in [2.75, 3.05) is 0 Å². The van der Waals surface area contributed by atoms with Crippen molar-refractivity contribution in [3.05, 3.63) is 29.6 Å². The van der Waals surface area contributed by atoms with Crippen LogP contribution < -0.4 is 5.73 Å². The summed E-state index contributed by atoms with van der Waals surface area (Å²) in [6.07, 6.45) is 4.76. The molecule has 19 heavy (non-hydrogen) atoms. The monoisotopic (exact) mass is 257 g/mol. The van der Waals surface area contributed by atoms with E-state index in [2.05, 4.69) is 43.7 Å². The van der Waals surface area contributed by atoms with Gasteiger partial charge in [0.05, 0.1) is 11.0 Å². The van der Waals surface area contributed by atoms with Gasteiger partial charge in [0.15, 0.2) is 0 Å². The van der Waals surface area contributed by atoms with Crippen LogP contribution in [-0.2, 0) is 12.5 Å². The van der Waals surface area contributed by atoms with E-state index < -0.39 is 0 Å². The zero-order valence-corrected chi connectivity index (χ0v) is 12.1. The van der Waals surface area contributed by atoms with Crippen molar-refractivity contribution in [3.8, 4) is 0 Å². The van der Waals surface area contributed by atoms with E-state index in [-0.39, 0.29) is 11.5 Å². The zero-order valence-electron chi connectivity index (χ0n) is 12.1. The second-order valence-corrected chi connectivity index (χ2v) is 6.21. The molecule has 1 aliphatic carbocycles. The lowest BCUT2D eigenvalue weighted by atomic mass is 9.71. The van der Waals surface area contributed by atoms with Crippen molar-refractivity contribution in [1.29, 1.82) is 0 Å². The van der Waals surface area contributed by atoms with Gasteiger partial charge in [0.25, 0.3) is 0 Å². The van der Waals surface area contributed by atoms with Crippen molar-refractivity contribution < 1.29 is 0 Å². The van der Waals surface area contributed by atoms with Gasteiger partial charge in [-0.2, -0.15) is 0 Å². The topological polar surface area (TPSA) is 43.8 Å². The van der Waals surface area contributed by atoms with E-state index in [1.54, 1.807) is 0 Å². The van der Waals surface area contributed by atoms with Crippen LogP contribution in [0, 0.1) is 6.92 Å². The molecule has 2 unspecified atom stereocenters. The summed E-state index contributed by atoms with van der Waals surface area (Å²) in [6.45, 7) is 4.43. The summed E-state index contributed by atoms with van der Waals surface area (Å²) in [5, 5.41) is 0. The first kappa shape index (κ1) is 12.7. The minimum Gasteiger partial charge on any atom is -0.330 e. The Morgan fingerprint density at radius 1 is 1.37 bits per heavy atom. The largest absolute Gasteiger partial charge is 0.330 e. The van der Waals surface area contributed by atoms with E-state index in [4.69, 9.17) is 10.7 Å². The quantitative estimate of drug-likeness (QED) is 0.853. The molecule has 0 radical (unpaired) electrons. The third-order valence-electron chi connectivity index (χ3n) is 4.89. The number of fused-ring (bicyclic) bond motifs is 1. The van der Waals surface area contributed by atoms with Crippen LogP contribution in [0.1, 0.15) is 44.0 Å². The van der Waals surface area contributed by atoms with E-state index in [0.29, 0.717) is 0 Å². The second kappa shape index (κ2) is 4.34. The number of hydrogen-bond donors (Lipinski definition) is 1. The molecule has 0 bridgehead atoms. The molecule has 102 valence electrons. The fraction of sp³-hybridized carbons (Fsp3) is 0.562. The van der Waals surface area contributed by atoms with Gasteiger partial charge in [0.1, 0.15) is 5.82 Å². The highest BCUT2D eigenvalue weighted by Crippen LogP contribution is 2.38. The highest BCUT2D eigenvalue weighted by Gasteiger charge is 2.39. The Kier molecular flexibility index (Phi) is 2.90. The average molecular weight is 257 g/mol.